The van der Waals surface area contributed by atoms with Gasteiger partial charge in [0.2, 0.25) is 10.0 Å². The topological polar surface area (TPSA) is 86.2 Å². The average Bonchev–Trinajstić information content (AvgIpc) is 2.62. The Morgan fingerprint density at radius 1 is 0.808 bits per heavy atom. The first kappa shape index (κ1) is 18.3. The molecule has 3 rings (SSSR count). The van der Waals surface area contributed by atoms with Crippen LogP contribution in [0.1, 0.15) is 34.2 Å². The lowest BCUT2D eigenvalue weighted by Crippen LogP contribution is -2.24. The van der Waals surface area contributed by atoms with Crippen LogP contribution in [-0.2, 0) is 10.0 Å². The molecule has 0 amide bonds. The highest BCUT2D eigenvalue weighted by Gasteiger charge is 2.28. The van der Waals surface area contributed by atoms with Crippen molar-refractivity contribution in [2.24, 2.45) is 10.9 Å². The highest BCUT2D eigenvalue weighted by Crippen LogP contribution is 2.38. The second-order valence-electron chi connectivity index (χ2n) is 6.41. The molecule has 5 heteroatoms. The van der Waals surface area contributed by atoms with Crippen molar-refractivity contribution in [2.45, 2.75) is 23.8 Å². The number of nitrogens with two attached hydrogens (primary N) is 2. The monoisotopic (exact) mass is 366 g/mol. The molecule has 134 valence electrons. The molecule has 0 heterocycles. The quantitative estimate of drug-likeness (QED) is 0.725. The summed E-state index contributed by atoms with van der Waals surface area (Å²) in [6.07, 6.45) is 0. The molecule has 4 nitrogen and oxygen atoms in total. The van der Waals surface area contributed by atoms with Crippen LogP contribution >= 0.6 is 0 Å². The molecule has 0 aliphatic heterocycles. The van der Waals surface area contributed by atoms with Gasteiger partial charge in [0.25, 0.3) is 0 Å². The van der Waals surface area contributed by atoms with Gasteiger partial charge in [0.1, 0.15) is 0 Å². The molecule has 0 saturated heterocycles. The van der Waals surface area contributed by atoms with Crippen LogP contribution in [0.2, 0.25) is 0 Å². The predicted octanol–water partition coefficient (Wildman–Crippen LogP) is 3.47. The molecule has 0 saturated carbocycles. The number of sulfonamides is 1. The van der Waals surface area contributed by atoms with E-state index in [0.717, 1.165) is 16.7 Å². The summed E-state index contributed by atoms with van der Waals surface area (Å²) >= 11 is 0. The maximum Gasteiger partial charge on any atom is 0.238 e. The van der Waals surface area contributed by atoms with Crippen LogP contribution in [0.4, 0.5) is 0 Å². The number of hydrogen-bond acceptors (Lipinski definition) is 3. The third-order valence-corrected chi connectivity index (χ3v) is 5.49. The molecular weight excluding hydrogens is 344 g/mol. The maximum absolute atomic E-state index is 12.2. The summed E-state index contributed by atoms with van der Waals surface area (Å²) in [6, 6.07) is 24.1. The van der Waals surface area contributed by atoms with Gasteiger partial charge in [0, 0.05) is 12.0 Å². The second-order valence-corrected chi connectivity index (χ2v) is 7.94. The third-order valence-electron chi connectivity index (χ3n) is 4.51. The Bertz CT molecular complexity index is 987. The molecule has 26 heavy (non-hydrogen) atoms. The molecule has 0 aromatic heterocycles. The molecule has 0 spiro atoms. The van der Waals surface area contributed by atoms with E-state index in [-0.39, 0.29) is 10.8 Å². The summed E-state index contributed by atoms with van der Waals surface area (Å²) in [7, 11) is -3.87. The standard InChI is InChI=1S/C21H22N2O2S/c1-15-12-13-19(26(23,24)25)18(14-15)20(16-8-4-2-5-9-16)21(22)17-10-6-3-7-11-17/h2-14,20-21H,22H2,1H3,(H2,23,24,25)/t20-,21+/m0/s1. The molecule has 0 fully saturated rings. The van der Waals surface area contributed by atoms with Crippen LogP contribution in [0.5, 0.6) is 0 Å². The van der Waals surface area contributed by atoms with Crippen molar-refractivity contribution in [1.82, 2.24) is 0 Å². The first-order chi connectivity index (χ1) is 12.4. The van der Waals surface area contributed by atoms with E-state index in [1.54, 1.807) is 12.1 Å². The first-order valence-corrected chi connectivity index (χ1v) is 9.91. The van der Waals surface area contributed by atoms with Gasteiger partial charge in [-0.3, -0.25) is 0 Å². The molecule has 3 aromatic carbocycles. The van der Waals surface area contributed by atoms with Crippen LogP contribution in [0.25, 0.3) is 0 Å². The van der Waals surface area contributed by atoms with Crippen LogP contribution in [0.3, 0.4) is 0 Å². The SMILES string of the molecule is Cc1ccc(S(N)(=O)=O)c([C@H](c2ccccc2)[C@H](N)c2ccccc2)c1. The van der Waals surface area contributed by atoms with Gasteiger partial charge >= 0.3 is 0 Å². The van der Waals surface area contributed by atoms with Crippen LogP contribution in [0.15, 0.2) is 83.8 Å². The summed E-state index contributed by atoms with van der Waals surface area (Å²) in [5.74, 6) is -0.341. The molecule has 4 N–H and O–H groups in total. The van der Waals surface area contributed by atoms with Crippen molar-refractivity contribution in [3.63, 3.8) is 0 Å². The van der Waals surface area contributed by atoms with Gasteiger partial charge in [-0.15, -0.1) is 0 Å². The second kappa shape index (κ2) is 7.41. The highest BCUT2D eigenvalue weighted by molar-refractivity contribution is 7.89. The summed E-state index contributed by atoms with van der Waals surface area (Å²) in [4.78, 5) is 0.114. The molecule has 0 aliphatic carbocycles. The van der Waals surface area contributed by atoms with E-state index in [9.17, 15) is 8.42 Å². The van der Waals surface area contributed by atoms with E-state index in [2.05, 4.69) is 0 Å². The number of rotatable bonds is 5. The van der Waals surface area contributed by atoms with E-state index < -0.39 is 16.1 Å². The number of aryl methyl sites for hydroxylation is 1. The Labute approximate surface area is 154 Å². The zero-order valence-corrected chi connectivity index (χ0v) is 15.4. The van der Waals surface area contributed by atoms with Crippen molar-refractivity contribution in [1.29, 1.82) is 0 Å². The Balaban J connectivity index is 2.25. The van der Waals surface area contributed by atoms with Crippen molar-refractivity contribution in [2.75, 3.05) is 0 Å². The van der Waals surface area contributed by atoms with E-state index in [0.29, 0.717) is 5.56 Å². The van der Waals surface area contributed by atoms with Gasteiger partial charge in [-0.1, -0.05) is 78.4 Å². The maximum atomic E-state index is 12.2. The lowest BCUT2D eigenvalue weighted by Gasteiger charge is -2.27. The van der Waals surface area contributed by atoms with Gasteiger partial charge < -0.3 is 5.73 Å². The van der Waals surface area contributed by atoms with Crippen molar-refractivity contribution in [3.8, 4) is 0 Å². The van der Waals surface area contributed by atoms with Crippen LogP contribution < -0.4 is 10.9 Å². The van der Waals surface area contributed by atoms with Crippen LogP contribution in [-0.4, -0.2) is 8.42 Å². The Kier molecular flexibility index (Phi) is 5.23. The fraction of sp³-hybridized carbons (Fsp3) is 0.143. The minimum absolute atomic E-state index is 0.114. The van der Waals surface area contributed by atoms with Crippen molar-refractivity contribution in [3.05, 3.63) is 101 Å². The van der Waals surface area contributed by atoms with E-state index in [1.165, 1.54) is 0 Å². The molecule has 2 atom stereocenters. The summed E-state index contributed by atoms with van der Waals surface area (Å²) in [5, 5.41) is 5.49. The van der Waals surface area contributed by atoms with Crippen molar-refractivity contribution < 1.29 is 8.42 Å². The lowest BCUT2D eigenvalue weighted by molar-refractivity contribution is 0.587. The largest absolute Gasteiger partial charge is 0.323 e. The number of hydrogen-bond donors (Lipinski definition) is 2. The Morgan fingerprint density at radius 3 is 1.88 bits per heavy atom. The van der Waals surface area contributed by atoms with Crippen molar-refractivity contribution >= 4 is 10.0 Å². The molecule has 0 unspecified atom stereocenters. The lowest BCUT2D eigenvalue weighted by atomic mass is 9.82. The Morgan fingerprint density at radius 2 is 1.35 bits per heavy atom. The summed E-state index contributed by atoms with van der Waals surface area (Å²) < 4.78 is 24.4. The Hall–Kier alpha value is -2.47. The van der Waals surface area contributed by atoms with Gasteiger partial charge in [0.05, 0.1) is 4.90 Å². The van der Waals surface area contributed by atoms with E-state index >= 15 is 0 Å². The zero-order valence-electron chi connectivity index (χ0n) is 14.5. The predicted molar refractivity (Wildman–Crippen MR) is 104 cm³/mol. The third kappa shape index (κ3) is 3.85. The summed E-state index contributed by atoms with van der Waals surface area (Å²) in [5.41, 5.74) is 10.1. The molecule has 0 aliphatic rings. The normalized spacial score (nSPS) is 14.0. The van der Waals surface area contributed by atoms with Gasteiger partial charge in [-0.25, -0.2) is 13.6 Å². The average molecular weight is 366 g/mol. The molecular formula is C21H22N2O2S. The van der Waals surface area contributed by atoms with Gasteiger partial charge in [-0.05, 0) is 29.7 Å². The number of primary sulfonamides is 1. The van der Waals surface area contributed by atoms with Gasteiger partial charge in [0.15, 0.2) is 0 Å². The fourth-order valence-corrected chi connectivity index (χ4v) is 4.05. The molecule has 0 radical (unpaired) electrons. The number of benzene rings is 3. The minimum atomic E-state index is -3.87. The summed E-state index contributed by atoms with van der Waals surface area (Å²) in [6.45, 7) is 1.92. The smallest absolute Gasteiger partial charge is 0.238 e. The van der Waals surface area contributed by atoms with Gasteiger partial charge in [-0.2, -0.15) is 0 Å². The fourth-order valence-electron chi connectivity index (χ4n) is 3.28. The first-order valence-electron chi connectivity index (χ1n) is 8.37. The molecule has 3 aromatic rings. The minimum Gasteiger partial charge on any atom is -0.323 e. The van der Waals surface area contributed by atoms with E-state index in [1.807, 2.05) is 73.7 Å². The van der Waals surface area contributed by atoms with Crippen LogP contribution in [0, 0.1) is 6.92 Å². The van der Waals surface area contributed by atoms with E-state index in [4.69, 9.17) is 10.9 Å². The molecule has 0 bridgehead atoms. The zero-order chi connectivity index (χ0) is 18.7. The highest BCUT2D eigenvalue weighted by atomic mass is 32.2.